The van der Waals surface area contributed by atoms with Crippen molar-refractivity contribution in [2.45, 2.75) is 90.0 Å². The summed E-state index contributed by atoms with van der Waals surface area (Å²) in [5, 5.41) is 11.5. The standard InChI is InChI=1S/C27H36ClFO5/c1-5-6-7-23(33)34-27(22(32)15-28)16(2)12-20-19-9-8-17-13-18(30)10-11-24(17,3)26(19,29)21(31)14-25(20,27)4/h10-11,13,16,19-21,31H,5-9,12,14-15H2,1-4H3/t16-,19?,20?,21-,24?,25?,26-,27-/m0/s1. The number of Topliss-reactive ketones (excluding diaryl/α,β-unsaturated/α-hetero) is 1. The molecule has 0 aromatic rings. The molecule has 0 aliphatic heterocycles. The minimum Gasteiger partial charge on any atom is -0.450 e. The number of esters is 1. The lowest BCUT2D eigenvalue weighted by molar-refractivity contribution is -0.227. The SMILES string of the molecule is CCCCC(=O)O[C@]1(C(=O)CCl)[C@@H](C)CC2C3CCC4=CC(=O)C=CC4(C)[C@@]3(F)[C@@H](O)CC21C. The van der Waals surface area contributed by atoms with Gasteiger partial charge in [0.05, 0.1) is 12.0 Å². The molecule has 1 N–H and O–H groups in total. The number of ketones is 2. The number of carbonyl (C=O) groups is 3. The van der Waals surface area contributed by atoms with Gasteiger partial charge in [-0.05, 0) is 57.1 Å². The normalized spacial score (nSPS) is 45.1. The molecule has 7 heteroatoms. The fourth-order valence-electron chi connectivity index (χ4n) is 8.05. The average Bonchev–Trinajstić information content (AvgIpc) is 3.00. The van der Waals surface area contributed by atoms with Crippen LogP contribution in [0.25, 0.3) is 0 Å². The van der Waals surface area contributed by atoms with Gasteiger partial charge in [-0.2, -0.15) is 0 Å². The van der Waals surface area contributed by atoms with Crippen molar-refractivity contribution in [1.29, 1.82) is 0 Å². The molecule has 0 bridgehead atoms. The van der Waals surface area contributed by atoms with E-state index in [9.17, 15) is 19.5 Å². The first-order chi connectivity index (χ1) is 15.9. The summed E-state index contributed by atoms with van der Waals surface area (Å²) in [6, 6.07) is 0. The monoisotopic (exact) mass is 494 g/mol. The maximum absolute atomic E-state index is 17.3. The van der Waals surface area contributed by atoms with E-state index in [1.807, 2.05) is 20.8 Å². The highest BCUT2D eigenvalue weighted by atomic mass is 35.5. The van der Waals surface area contributed by atoms with Crippen LogP contribution in [0.5, 0.6) is 0 Å². The van der Waals surface area contributed by atoms with Crippen molar-refractivity contribution >= 4 is 29.1 Å². The molecule has 4 rings (SSSR count). The van der Waals surface area contributed by atoms with Gasteiger partial charge in [0.1, 0.15) is 0 Å². The fraction of sp³-hybridized carbons (Fsp3) is 0.741. The molecule has 4 aliphatic carbocycles. The molecule has 0 amide bonds. The van der Waals surface area contributed by atoms with E-state index in [1.165, 1.54) is 12.2 Å². The molecule has 0 saturated heterocycles. The third-order valence-corrected chi connectivity index (χ3v) is 9.97. The van der Waals surface area contributed by atoms with Crippen LogP contribution in [0, 0.1) is 28.6 Å². The van der Waals surface area contributed by atoms with Gasteiger partial charge in [0.15, 0.2) is 22.8 Å². The number of allylic oxidation sites excluding steroid dienone is 4. The van der Waals surface area contributed by atoms with Crippen LogP contribution in [-0.4, -0.2) is 45.9 Å². The van der Waals surface area contributed by atoms with Gasteiger partial charge in [-0.3, -0.25) is 14.4 Å². The molecule has 0 aromatic heterocycles. The Balaban J connectivity index is 1.80. The largest absolute Gasteiger partial charge is 0.450 e. The van der Waals surface area contributed by atoms with Crippen LogP contribution in [0.1, 0.15) is 72.6 Å². The zero-order valence-corrected chi connectivity index (χ0v) is 21.3. The summed E-state index contributed by atoms with van der Waals surface area (Å²) in [5.41, 5.74) is -4.84. The lowest BCUT2D eigenvalue weighted by atomic mass is 9.44. The van der Waals surface area contributed by atoms with Crippen LogP contribution < -0.4 is 0 Å². The van der Waals surface area contributed by atoms with Gasteiger partial charge in [-0.15, -0.1) is 11.6 Å². The lowest BCUT2D eigenvalue weighted by Crippen LogP contribution is -2.70. The van der Waals surface area contributed by atoms with Gasteiger partial charge in [-0.1, -0.05) is 38.8 Å². The molecule has 4 unspecified atom stereocenters. The number of alkyl halides is 2. The highest BCUT2D eigenvalue weighted by Crippen LogP contribution is 2.71. The number of unbranched alkanes of at least 4 members (excludes halogenated alkanes) is 1. The molecular formula is C27H36ClFO5. The first kappa shape index (κ1) is 25.6. The molecule has 5 nitrogen and oxygen atoms in total. The zero-order valence-electron chi connectivity index (χ0n) is 20.5. The molecular weight excluding hydrogens is 459 g/mol. The number of carbonyl (C=O) groups excluding carboxylic acids is 3. The van der Waals surface area contributed by atoms with Crippen molar-refractivity contribution in [3.05, 3.63) is 23.8 Å². The summed E-state index contributed by atoms with van der Waals surface area (Å²) in [5.74, 6) is -2.50. The van der Waals surface area contributed by atoms with Crippen LogP contribution in [-0.2, 0) is 19.1 Å². The molecule has 3 fully saturated rings. The summed E-state index contributed by atoms with van der Waals surface area (Å²) >= 11 is 6.07. The van der Waals surface area contributed by atoms with Crippen molar-refractivity contribution in [2.24, 2.45) is 28.6 Å². The maximum Gasteiger partial charge on any atom is 0.306 e. The molecule has 0 aromatic carbocycles. The van der Waals surface area contributed by atoms with Crippen LogP contribution in [0.3, 0.4) is 0 Å². The second kappa shape index (κ2) is 8.55. The second-order valence-electron chi connectivity index (χ2n) is 11.3. The highest BCUT2D eigenvalue weighted by Gasteiger charge is 2.77. The van der Waals surface area contributed by atoms with E-state index in [0.717, 1.165) is 6.42 Å². The predicted molar refractivity (Wildman–Crippen MR) is 127 cm³/mol. The quantitative estimate of drug-likeness (QED) is 0.420. The Morgan fingerprint density at radius 2 is 2.00 bits per heavy atom. The Kier molecular flexibility index (Phi) is 6.42. The van der Waals surface area contributed by atoms with E-state index in [2.05, 4.69) is 0 Å². The fourth-order valence-corrected chi connectivity index (χ4v) is 8.25. The van der Waals surface area contributed by atoms with Gasteiger partial charge < -0.3 is 9.84 Å². The minimum atomic E-state index is -2.00. The summed E-state index contributed by atoms with van der Waals surface area (Å²) in [4.78, 5) is 38.3. The van der Waals surface area contributed by atoms with E-state index in [1.54, 1.807) is 13.0 Å². The van der Waals surface area contributed by atoms with Crippen molar-refractivity contribution in [3.8, 4) is 0 Å². The summed E-state index contributed by atoms with van der Waals surface area (Å²) in [6.07, 6.45) is 6.26. The van der Waals surface area contributed by atoms with E-state index >= 15 is 4.39 Å². The number of rotatable bonds is 6. The van der Waals surface area contributed by atoms with E-state index in [4.69, 9.17) is 16.3 Å². The molecule has 8 atom stereocenters. The number of hydrogen-bond donors (Lipinski definition) is 1. The molecule has 188 valence electrons. The molecule has 0 spiro atoms. The Bertz CT molecular complexity index is 961. The zero-order chi connectivity index (χ0) is 25.1. The molecule has 0 radical (unpaired) electrons. The van der Waals surface area contributed by atoms with Crippen LogP contribution in [0.2, 0.25) is 0 Å². The van der Waals surface area contributed by atoms with Gasteiger partial charge in [0, 0.05) is 29.1 Å². The predicted octanol–water partition coefficient (Wildman–Crippen LogP) is 4.88. The lowest BCUT2D eigenvalue weighted by Gasteiger charge is -2.62. The maximum atomic E-state index is 17.3. The second-order valence-corrected chi connectivity index (χ2v) is 11.5. The Labute approximate surface area is 206 Å². The van der Waals surface area contributed by atoms with Crippen molar-refractivity contribution in [3.63, 3.8) is 0 Å². The van der Waals surface area contributed by atoms with E-state index in [-0.39, 0.29) is 42.1 Å². The van der Waals surface area contributed by atoms with Crippen molar-refractivity contribution in [1.82, 2.24) is 0 Å². The smallest absolute Gasteiger partial charge is 0.306 e. The van der Waals surface area contributed by atoms with Crippen LogP contribution in [0.15, 0.2) is 23.8 Å². The Morgan fingerprint density at radius 1 is 1.29 bits per heavy atom. The number of hydrogen-bond acceptors (Lipinski definition) is 5. The van der Waals surface area contributed by atoms with E-state index in [0.29, 0.717) is 31.3 Å². The van der Waals surface area contributed by atoms with Crippen molar-refractivity contribution < 1.29 is 28.6 Å². The van der Waals surface area contributed by atoms with Gasteiger partial charge in [-0.25, -0.2) is 4.39 Å². The number of ether oxygens (including phenoxy) is 1. The number of aliphatic hydroxyl groups is 1. The minimum absolute atomic E-state index is 0.0245. The number of fused-ring (bicyclic) bond motifs is 5. The molecule has 0 heterocycles. The Hall–Kier alpha value is -1.53. The summed E-state index contributed by atoms with van der Waals surface area (Å²) in [7, 11) is 0. The van der Waals surface area contributed by atoms with Gasteiger partial charge in [0.25, 0.3) is 0 Å². The number of halogens is 2. The van der Waals surface area contributed by atoms with Gasteiger partial charge in [0.2, 0.25) is 0 Å². The average molecular weight is 495 g/mol. The van der Waals surface area contributed by atoms with Crippen LogP contribution in [0.4, 0.5) is 4.39 Å². The Morgan fingerprint density at radius 3 is 2.65 bits per heavy atom. The summed E-state index contributed by atoms with van der Waals surface area (Å²) in [6.45, 7) is 7.48. The summed E-state index contributed by atoms with van der Waals surface area (Å²) < 4.78 is 23.4. The van der Waals surface area contributed by atoms with E-state index < -0.39 is 40.1 Å². The molecule has 4 aliphatic rings. The van der Waals surface area contributed by atoms with Gasteiger partial charge >= 0.3 is 5.97 Å². The molecule has 3 saturated carbocycles. The first-order valence-corrected chi connectivity index (χ1v) is 13.1. The molecule has 34 heavy (non-hydrogen) atoms. The number of aliphatic hydroxyl groups excluding tert-OH is 1. The highest BCUT2D eigenvalue weighted by molar-refractivity contribution is 6.29. The first-order valence-electron chi connectivity index (χ1n) is 12.5. The topological polar surface area (TPSA) is 80.7 Å². The third-order valence-electron chi connectivity index (χ3n) is 9.73. The van der Waals surface area contributed by atoms with Crippen molar-refractivity contribution in [2.75, 3.05) is 5.88 Å². The van der Waals surface area contributed by atoms with Crippen LogP contribution >= 0.6 is 11.6 Å². The third kappa shape index (κ3) is 3.16.